The number of ether oxygens (including phenoxy) is 1. The second kappa shape index (κ2) is 7.64. The first kappa shape index (κ1) is 17.4. The summed E-state index contributed by atoms with van der Waals surface area (Å²) in [7, 11) is 0. The van der Waals surface area contributed by atoms with Crippen molar-refractivity contribution in [1.82, 2.24) is 10.3 Å². The van der Waals surface area contributed by atoms with Crippen molar-refractivity contribution in [3.05, 3.63) is 41.6 Å². The molecule has 1 aliphatic rings. The minimum Gasteiger partial charge on any atom is -0.452 e. The van der Waals surface area contributed by atoms with Gasteiger partial charge in [-0.2, -0.15) is 0 Å². The van der Waals surface area contributed by atoms with Crippen molar-refractivity contribution in [1.29, 1.82) is 0 Å². The molecule has 1 heterocycles. The van der Waals surface area contributed by atoms with Crippen molar-refractivity contribution in [2.24, 2.45) is 5.92 Å². The van der Waals surface area contributed by atoms with Crippen molar-refractivity contribution in [3.63, 3.8) is 0 Å². The predicted octanol–water partition coefficient (Wildman–Crippen LogP) is 3.39. The summed E-state index contributed by atoms with van der Waals surface area (Å²) >= 11 is 0. The number of carbonyl (C=O) groups excluding carboxylic acids is 2. The van der Waals surface area contributed by atoms with Crippen LogP contribution in [0.5, 0.6) is 0 Å². The van der Waals surface area contributed by atoms with E-state index >= 15 is 0 Å². The summed E-state index contributed by atoms with van der Waals surface area (Å²) in [5.41, 5.74) is 1.93. The number of nitrogens with one attached hydrogen (secondary N) is 1. The summed E-state index contributed by atoms with van der Waals surface area (Å²) in [6.45, 7) is 3.82. The Kier molecular flexibility index (Phi) is 5.31. The fourth-order valence-corrected chi connectivity index (χ4v) is 3.36. The zero-order valence-electron chi connectivity index (χ0n) is 14.7. The Balaban J connectivity index is 1.60. The van der Waals surface area contributed by atoms with E-state index in [1.54, 1.807) is 6.07 Å². The molecule has 0 spiro atoms. The number of carbonyl (C=O) groups is 2. The van der Waals surface area contributed by atoms with Crippen LogP contribution in [-0.2, 0) is 9.53 Å². The third-order valence-corrected chi connectivity index (χ3v) is 4.78. The molecule has 0 atom stereocenters. The SMILES string of the molecule is Cc1cc(C(=O)OCC(=O)NC2CCC(C)CC2)c2ccccc2n1. The number of fused-ring (bicyclic) bond motifs is 1. The van der Waals surface area contributed by atoms with Crippen LogP contribution < -0.4 is 5.32 Å². The predicted molar refractivity (Wildman–Crippen MR) is 96.3 cm³/mol. The van der Waals surface area contributed by atoms with Gasteiger partial charge in [0.25, 0.3) is 5.91 Å². The van der Waals surface area contributed by atoms with Gasteiger partial charge in [0, 0.05) is 17.1 Å². The number of esters is 1. The Bertz CT molecular complexity index is 780. The maximum Gasteiger partial charge on any atom is 0.339 e. The number of hydrogen-bond donors (Lipinski definition) is 1. The van der Waals surface area contributed by atoms with Crippen molar-refractivity contribution < 1.29 is 14.3 Å². The van der Waals surface area contributed by atoms with E-state index in [1.807, 2.05) is 31.2 Å². The topological polar surface area (TPSA) is 68.3 Å². The highest BCUT2D eigenvalue weighted by Gasteiger charge is 2.21. The van der Waals surface area contributed by atoms with Gasteiger partial charge in [-0.3, -0.25) is 9.78 Å². The van der Waals surface area contributed by atoms with Crippen molar-refractivity contribution >= 4 is 22.8 Å². The lowest BCUT2D eigenvalue weighted by Crippen LogP contribution is -2.39. The van der Waals surface area contributed by atoms with Crippen molar-refractivity contribution in [2.75, 3.05) is 6.61 Å². The molecule has 0 bridgehead atoms. The van der Waals surface area contributed by atoms with Gasteiger partial charge in [0.15, 0.2) is 6.61 Å². The van der Waals surface area contributed by atoms with E-state index < -0.39 is 5.97 Å². The molecule has 5 nitrogen and oxygen atoms in total. The molecule has 0 saturated heterocycles. The molecule has 0 aliphatic heterocycles. The second-order valence-corrected chi connectivity index (χ2v) is 6.93. The van der Waals surface area contributed by atoms with Gasteiger partial charge >= 0.3 is 5.97 Å². The summed E-state index contributed by atoms with van der Waals surface area (Å²) in [5.74, 6) is 0.00583. The van der Waals surface area contributed by atoms with Crippen LogP contribution in [0.1, 0.15) is 48.7 Å². The fraction of sp³-hybridized carbons (Fsp3) is 0.450. The number of para-hydroxylation sites is 1. The lowest BCUT2D eigenvalue weighted by molar-refractivity contribution is -0.125. The molecule has 25 heavy (non-hydrogen) atoms. The van der Waals surface area contributed by atoms with E-state index in [4.69, 9.17) is 4.74 Å². The Morgan fingerprint density at radius 3 is 2.68 bits per heavy atom. The molecule has 3 rings (SSSR count). The summed E-state index contributed by atoms with van der Waals surface area (Å²) in [6, 6.07) is 9.32. The van der Waals surface area contributed by atoms with Gasteiger partial charge in [-0.25, -0.2) is 4.79 Å². The normalized spacial score (nSPS) is 20.2. The minimum absolute atomic E-state index is 0.200. The third-order valence-electron chi connectivity index (χ3n) is 4.78. The molecule has 1 N–H and O–H groups in total. The van der Waals surface area contributed by atoms with E-state index in [2.05, 4.69) is 17.2 Å². The van der Waals surface area contributed by atoms with Crippen LogP contribution in [0.25, 0.3) is 10.9 Å². The molecule has 0 unspecified atom stereocenters. The molecule has 132 valence electrons. The number of benzene rings is 1. The van der Waals surface area contributed by atoms with E-state index in [0.717, 1.165) is 48.2 Å². The number of aryl methyl sites for hydroxylation is 1. The molecule has 1 saturated carbocycles. The average Bonchev–Trinajstić information content (AvgIpc) is 2.61. The molecule has 1 aromatic heterocycles. The Labute approximate surface area is 147 Å². The second-order valence-electron chi connectivity index (χ2n) is 6.93. The Hall–Kier alpha value is -2.43. The summed E-state index contributed by atoms with van der Waals surface area (Å²) < 4.78 is 5.24. The number of rotatable bonds is 4. The maximum atomic E-state index is 12.4. The van der Waals surface area contributed by atoms with Crippen LogP contribution in [-0.4, -0.2) is 29.5 Å². The van der Waals surface area contributed by atoms with Crippen molar-refractivity contribution in [3.8, 4) is 0 Å². The maximum absolute atomic E-state index is 12.4. The zero-order chi connectivity index (χ0) is 17.8. The summed E-state index contributed by atoms with van der Waals surface area (Å²) in [6.07, 6.45) is 4.25. The first-order chi connectivity index (χ1) is 12.0. The Morgan fingerprint density at radius 2 is 1.92 bits per heavy atom. The van der Waals surface area contributed by atoms with Gasteiger partial charge in [-0.1, -0.05) is 25.1 Å². The highest BCUT2D eigenvalue weighted by atomic mass is 16.5. The number of nitrogens with zero attached hydrogens (tertiary/aromatic N) is 1. The summed E-state index contributed by atoms with van der Waals surface area (Å²) in [4.78, 5) is 28.9. The molecular formula is C20H24N2O3. The number of pyridine rings is 1. The molecule has 0 radical (unpaired) electrons. The van der Waals surface area contributed by atoms with Gasteiger partial charge in [-0.15, -0.1) is 0 Å². The standard InChI is InChI=1S/C20H24N2O3/c1-13-7-9-15(10-8-13)22-19(23)12-25-20(24)17-11-14(2)21-18-6-4-3-5-16(17)18/h3-6,11,13,15H,7-10,12H2,1-2H3,(H,22,23). The highest BCUT2D eigenvalue weighted by molar-refractivity contribution is 6.04. The number of amides is 1. The fourth-order valence-electron chi connectivity index (χ4n) is 3.36. The largest absolute Gasteiger partial charge is 0.452 e. The Morgan fingerprint density at radius 1 is 1.20 bits per heavy atom. The molecular weight excluding hydrogens is 316 g/mol. The van der Waals surface area contributed by atoms with Gasteiger partial charge in [-0.05, 0) is 50.7 Å². The minimum atomic E-state index is -0.492. The van der Waals surface area contributed by atoms with Gasteiger partial charge in [0.1, 0.15) is 0 Å². The number of hydrogen-bond acceptors (Lipinski definition) is 4. The molecule has 1 aliphatic carbocycles. The average molecular weight is 340 g/mol. The molecule has 5 heteroatoms. The number of aromatic nitrogens is 1. The summed E-state index contributed by atoms with van der Waals surface area (Å²) in [5, 5.41) is 3.70. The molecule has 1 fully saturated rings. The van der Waals surface area contributed by atoms with E-state index in [9.17, 15) is 9.59 Å². The first-order valence-corrected chi connectivity index (χ1v) is 8.86. The van der Waals surface area contributed by atoms with Crippen molar-refractivity contribution in [2.45, 2.75) is 45.6 Å². The zero-order valence-corrected chi connectivity index (χ0v) is 14.7. The van der Waals surface area contributed by atoms with Crippen LogP contribution in [0.3, 0.4) is 0 Å². The smallest absolute Gasteiger partial charge is 0.339 e. The lowest BCUT2D eigenvalue weighted by atomic mass is 9.87. The van der Waals surface area contributed by atoms with Gasteiger partial charge in [0.05, 0.1) is 11.1 Å². The highest BCUT2D eigenvalue weighted by Crippen LogP contribution is 2.23. The van der Waals surface area contributed by atoms with E-state index in [1.165, 1.54) is 0 Å². The molecule has 2 aromatic rings. The monoisotopic (exact) mass is 340 g/mol. The van der Waals surface area contributed by atoms with Gasteiger partial charge in [0.2, 0.25) is 0 Å². The van der Waals surface area contributed by atoms with Crippen LogP contribution >= 0.6 is 0 Å². The van der Waals surface area contributed by atoms with Crippen LogP contribution in [0, 0.1) is 12.8 Å². The quantitative estimate of drug-likeness (QED) is 0.866. The van der Waals surface area contributed by atoms with Crippen LogP contribution in [0.15, 0.2) is 30.3 Å². The van der Waals surface area contributed by atoms with Gasteiger partial charge < -0.3 is 10.1 Å². The lowest BCUT2D eigenvalue weighted by Gasteiger charge is -2.26. The molecule has 1 amide bonds. The van der Waals surface area contributed by atoms with Crippen LogP contribution in [0.2, 0.25) is 0 Å². The first-order valence-electron chi connectivity index (χ1n) is 8.86. The van der Waals surface area contributed by atoms with Crippen LogP contribution in [0.4, 0.5) is 0 Å². The third kappa shape index (κ3) is 4.35. The van der Waals surface area contributed by atoms with E-state index in [0.29, 0.717) is 5.56 Å². The molecule has 1 aromatic carbocycles. The van der Waals surface area contributed by atoms with E-state index in [-0.39, 0.29) is 18.6 Å².